The number of likely N-dealkylation sites (tertiary alicyclic amines) is 1. The lowest BCUT2D eigenvalue weighted by atomic mass is 9.92. The van der Waals surface area contributed by atoms with E-state index in [1.54, 1.807) is 6.92 Å². The summed E-state index contributed by atoms with van der Waals surface area (Å²) in [7, 11) is 0. The Morgan fingerprint density at radius 1 is 1.27 bits per heavy atom. The number of piperidine rings is 1. The van der Waals surface area contributed by atoms with E-state index in [1.807, 2.05) is 0 Å². The lowest BCUT2D eigenvalue weighted by Crippen LogP contribution is -2.46. The summed E-state index contributed by atoms with van der Waals surface area (Å²) in [5.41, 5.74) is 0. The molecular weight excluding hydrogens is 190 g/mol. The van der Waals surface area contributed by atoms with Crippen molar-refractivity contribution in [3.8, 4) is 0 Å². The van der Waals surface area contributed by atoms with Gasteiger partial charge in [-0.25, -0.2) is 0 Å². The first kappa shape index (κ1) is 11.1. The van der Waals surface area contributed by atoms with E-state index in [9.17, 15) is 4.79 Å². The Morgan fingerprint density at radius 2 is 2.00 bits per heavy atom. The fourth-order valence-corrected chi connectivity index (χ4v) is 2.68. The highest BCUT2D eigenvalue weighted by atomic mass is 16.5. The number of carbonyl (C=O) groups is 1. The third kappa shape index (κ3) is 2.79. The summed E-state index contributed by atoms with van der Waals surface area (Å²) in [6.07, 6.45) is 4.56. The third-order valence-corrected chi connectivity index (χ3v) is 3.76. The molecule has 0 aromatic heterocycles. The number of rotatable bonds is 2. The molecule has 0 N–H and O–H groups in total. The van der Waals surface area contributed by atoms with Crippen molar-refractivity contribution in [2.75, 3.05) is 26.3 Å². The van der Waals surface area contributed by atoms with Crippen LogP contribution in [0.2, 0.25) is 0 Å². The van der Waals surface area contributed by atoms with E-state index in [4.69, 9.17) is 4.74 Å². The number of hydrogen-bond donors (Lipinski definition) is 0. The quantitative estimate of drug-likeness (QED) is 0.692. The molecule has 15 heavy (non-hydrogen) atoms. The van der Waals surface area contributed by atoms with Gasteiger partial charge in [-0.05, 0) is 45.7 Å². The summed E-state index contributed by atoms with van der Waals surface area (Å²) in [5.74, 6) is 0.695. The fourth-order valence-electron chi connectivity index (χ4n) is 2.68. The van der Waals surface area contributed by atoms with Crippen molar-refractivity contribution >= 4 is 5.78 Å². The Bertz CT molecular complexity index is 216. The van der Waals surface area contributed by atoms with Crippen molar-refractivity contribution in [1.82, 2.24) is 4.90 Å². The molecule has 2 saturated heterocycles. The second-order valence-electron chi connectivity index (χ2n) is 4.79. The van der Waals surface area contributed by atoms with Crippen LogP contribution in [0.5, 0.6) is 0 Å². The van der Waals surface area contributed by atoms with Crippen LogP contribution in [0.25, 0.3) is 0 Å². The summed E-state index contributed by atoms with van der Waals surface area (Å²) in [5, 5.41) is 0. The molecule has 2 heterocycles. The Morgan fingerprint density at radius 3 is 2.53 bits per heavy atom. The Kier molecular flexibility index (Phi) is 3.76. The lowest BCUT2D eigenvalue weighted by molar-refractivity contribution is -0.122. The van der Waals surface area contributed by atoms with Gasteiger partial charge in [0.05, 0.1) is 6.61 Å². The van der Waals surface area contributed by atoms with E-state index in [-0.39, 0.29) is 0 Å². The van der Waals surface area contributed by atoms with E-state index in [0.717, 1.165) is 39.1 Å². The zero-order valence-electron chi connectivity index (χ0n) is 9.58. The van der Waals surface area contributed by atoms with Gasteiger partial charge in [-0.15, -0.1) is 0 Å². The van der Waals surface area contributed by atoms with Crippen LogP contribution in [0.15, 0.2) is 0 Å². The summed E-state index contributed by atoms with van der Waals surface area (Å²) in [4.78, 5) is 13.8. The Balaban J connectivity index is 1.79. The number of nitrogens with zero attached hydrogens (tertiary/aromatic N) is 1. The zero-order chi connectivity index (χ0) is 10.7. The number of Topliss-reactive ketones (excluding diaryl/α,β-unsaturated/α-hetero) is 1. The molecule has 86 valence electrons. The maximum atomic E-state index is 11.2. The van der Waals surface area contributed by atoms with Crippen molar-refractivity contribution in [1.29, 1.82) is 0 Å². The molecule has 0 aromatic rings. The molecule has 3 heteroatoms. The van der Waals surface area contributed by atoms with E-state index in [2.05, 4.69) is 4.90 Å². The van der Waals surface area contributed by atoms with Crippen LogP contribution in [-0.2, 0) is 9.53 Å². The summed E-state index contributed by atoms with van der Waals surface area (Å²) in [6.45, 7) is 5.71. The SMILES string of the molecule is CC(=O)C1CCN(C2CCCOC2)CC1. The molecule has 0 aliphatic carbocycles. The molecule has 2 fully saturated rings. The summed E-state index contributed by atoms with van der Waals surface area (Å²) >= 11 is 0. The second kappa shape index (κ2) is 5.08. The van der Waals surface area contributed by atoms with Crippen LogP contribution in [0, 0.1) is 5.92 Å². The molecule has 1 atom stereocenters. The van der Waals surface area contributed by atoms with Crippen molar-refractivity contribution in [2.24, 2.45) is 5.92 Å². The normalized spacial score (nSPS) is 30.3. The van der Waals surface area contributed by atoms with E-state index in [1.165, 1.54) is 12.8 Å². The number of ketones is 1. The minimum absolute atomic E-state index is 0.325. The van der Waals surface area contributed by atoms with Crippen LogP contribution in [0.1, 0.15) is 32.6 Å². The molecule has 2 aliphatic rings. The van der Waals surface area contributed by atoms with Gasteiger partial charge in [-0.3, -0.25) is 9.69 Å². The van der Waals surface area contributed by atoms with Gasteiger partial charge in [0, 0.05) is 18.6 Å². The van der Waals surface area contributed by atoms with Crippen molar-refractivity contribution in [3.63, 3.8) is 0 Å². The third-order valence-electron chi connectivity index (χ3n) is 3.76. The van der Waals surface area contributed by atoms with Gasteiger partial charge in [0.15, 0.2) is 0 Å². The first-order chi connectivity index (χ1) is 7.27. The first-order valence-corrected chi connectivity index (χ1v) is 6.09. The summed E-state index contributed by atoms with van der Waals surface area (Å²) in [6, 6.07) is 0.617. The molecule has 2 aliphatic heterocycles. The van der Waals surface area contributed by atoms with Gasteiger partial charge >= 0.3 is 0 Å². The van der Waals surface area contributed by atoms with Crippen LogP contribution >= 0.6 is 0 Å². The van der Waals surface area contributed by atoms with E-state index >= 15 is 0 Å². The Labute approximate surface area is 91.8 Å². The van der Waals surface area contributed by atoms with Crippen LogP contribution < -0.4 is 0 Å². The van der Waals surface area contributed by atoms with Crippen LogP contribution in [-0.4, -0.2) is 43.0 Å². The maximum absolute atomic E-state index is 11.2. The molecule has 1 unspecified atom stereocenters. The van der Waals surface area contributed by atoms with Crippen molar-refractivity contribution < 1.29 is 9.53 Å². The molecule has 0 amide bonds. The highest BCUT2D eigenvalue weighted by molar-refractivity contribution is 5.78. The van der Waals surface area contributed by atoms with Gasteiger partial charge in [0.25, 0.3) is 0 Å². The van der Waals surface area contributed by atoms with Gasteiger partial charge < -0.3 is 4.74 Å². The standard InChI is InChI=1S/C12H21NO2/c1-10(14)11-4-6-13(7-5-11)12-3-2-8-15-9-12/h11-12H,2-9H2,1H3. The molecule has 0 saturated carbocycles. The smallest absolute Gasteiger partial charge is 0.133 e. The molecule has 0 bridgehead atoms. The van der Waals surface area contributed by atoms with Gasteiger partial charge in [-0.1, -0.05) is 0 Å². The maximum Gasteiger partial charge on any atom is 0.133 e. The minimum atomic E-state index is 0.325. The van der Waals surface area contributed by atoms with Gasteiger partial charge in [0.1, 0.15) is 5.78 Å². The second-order valence-corrected chi connectivity index (χ2v) is 4.79. The monoisotopic (exact) mass is 211 g/mol. The predicted molar refractivity (Wildman–Crippen MR) is 58.8 cm³/mol. The number of hydrogen-bond acceptors (Lipinski definition) is 3. The van der Waals surface area contributed by atoms with Crippen molar-refractivity contribution in [2.45, 2.75) is 38.6 Å². The lowest BCUT2D eigenvalue weighted by Gasteiger charge is -2.38. The van der Waals surface area contributed by atoms with Gasteiger partial charge in [0.2, 0.25) is 0 Å². The zero-order valence-corrected chi connectivity index (χ0v) is 9.58. The molecule has 0 spiro atoms. The average Bonchev–Trinajstić information content (AvgIpc) is 2.30. The van der Waals surface area contributed by atoms with Crippen LogP contribution in [0.3, 0.4) is 0 Å². The number of ether oxygens (including phenoxy) is 1. The Hall–Kier alpha value is -0.410. The van der Waals surface area contributed by atoms with Crippen molar-refractivity contribution in [3.05, 3.63) is 0 Å². The summed E-state index contributed by atoms with van der Waals surface area (Å²) < 4.78 is 5.50. The first-order valence-electron chi connectivity index (χ1n) is 6.09. The minimum Gasteiger partial charge on any atom is -0.380 e. The van der Waals surface area contributed by atoms with Gasteiger partial charge in [-0.2, -0.15) is 0 Å². The van der Waals surface area contributed by atoms with E-state index < -0.39 is 0 Å². The predicted octanol–water partition coefficient (Wildman–Crippen LogP) is 1.47. The fraction of sp³-hybridized carbons (Fsp3) is 0.917. The average molecular weight is 211 g/mol. The van der Waals surface area contributed by atoms with E-state index in [0.29, 0.717) is 17.7 Å². The topological polar surface area (TPSA) is 29.5 Å². The highest BCUT2D eigenvalue weighted by Gasteiger charge is 2.27. The largest absolute Gasteiger partial charge is 0.380 e. The molecular formula is C12H21NO2. The number of carbonyl (C=O) groups excluding carboxylic acids is 1. The molecule has 0 aromatic carbocycles. The highest BCUT2D eigenvalue weighted by Crippen LogP contribution is 2.22. The molecule has 2 rings (SSSR count). The molecule has 0 radical (unpaired) electrons. The molecule has 3 nitrogen and oxygen atoms in total. The van der Waals surface area contributed by atoms with Crippen LogP contribution in [0.4, 0.5) is 0 Å².